The van der Waals surface area contributed by atoms with E-state index in [1.165, 1.54) is 4.90 Å². The first-order valence-electron chi connectivity index (χ1n) is 7.59. The first kappa shape index (κ1) is 16.3. The fraction of sp³-hybridized carbons (Fsp3) is 0.105. The van der Waals surface area contributed by atoms with Gasteiger partial charge in [-0.15, -0.1) is 0 Å². The van der Waals surface area contributed by atoms with Gasteiger partial charge in [0.1, 0.15) is 11.8 Å². The zero-order valence-electron chi connectivity index (χ0n) is 13.9. The van der Waals surface area contributed by atoms with Crippen LogP contribution in [0.2, 0.25) is 0 Å². The quantitative estimate of drug-likeness (QED) is 0.673. The summed E-state index contributed by atoms with van der Waals surface area (Å²) < 4.78 is 6.90. The van der Waals surface area contributed by atoms with Crippen LogP contribution in [0.25, 0.3) is 16.9 Å². The number of aromatic nitrogens is 2. The van der Waals surface area contributed by atoms with Crippen LogP contribution < -0.4 is 9.64 Å². The summed E-state index contributed by atoms with van der Waals surface area (Å²) in [5.74, 6) is 0.761. The van der Waals surface area contributed by atoms with Crippen LogP contribution in [0.4, 0.5) is 5.69 Å². The van der Waals surface area contributed by atoms with Gasteiger partial charge in [0.2, 0.25) is 6.41 Å². The maximum atomic E-state index is 10.9. The van der Waals surface area contributed by atoms with Gasteiger partial charge >= 0.3 is 0 Å². The van der Waals surface area contributed by atoms with Gasteiger partial charge in [-0.05, 0) is 48.5 Å². The number of ether oxygens (including phenoxy) is 1. The minimum absolute atomic E-state index is 0.333. The second kappa shape index (κ2) is 6.89. The molecule has 0 atom stereocenters. The lowest BCUT2D eigenvalue weighted by atomic mass is 10.1. The molecule has 0 fully saturated rings. The Bertz CT molecular complexity index is 922. The molecule has 0 aliphatic carbocycles. The Morgan fingerprint density at radius 3 is 2.40 bits per heavy atom. The Hall–Kier alpha value is -3.59. The van der Waals surface area contributed by atoms with Crippen LogP contribution in [0.3, 0.4) is 0 Å². The smallest absolute Gasteiger partial charge is 0.213 e. The monoisotopic (exact) mass is 332 g/mol. The molecule has 0 N–H and O–H groups in total. The number of rotatable bonds is 5. The maximum Gasteiger partial charge on any atom is 0.213 e. The molecule has 0 saturated heterocycles. The first-order valence-corrected chi connectivity index (χ1v) is 7.59. The van der Waals surface area contributed by atoms with Gasteiger partial charge in [-0.3, -0.25) is 4.79 Å². The molecule has 1 amide bonds. The van der Waals surface area contributed by atoms with E-state index in [1.54, 1.807) is 24.9 Å². The van der Waals surface area contributed by atoms with Gasteiger partial charge in [-0.25, -0.2) is 4.68 Å². The summed E-state index contributed by atoms with van der Waals surface area (Å²) in [6.07, 6.45) is 0.749. The van der Waals surface area contributed by atoms with Crippen molar-refractivity contribution in [3.63, 3.8) is 0 Å². The first-order chi connectivity index (χ1) is 12.2. The summed E-state index contributed by atoms with van der Waals surface area (Å²) >= 11 is 0. The number of hydrogen-bond donors (Lipinski definition) is 0. The lowest BCUT2D eigenvalue weighted by Gasteiger charge is -2.12. The van der Waals surface area contributed by atoms with Crippen molar-refractivity contribution < 1.29 is 9.53 Å². The van der Waals surface area contributed by atoms with Crippen molar-refractivity contribution in [3.8, 4) is 28.8 Å². The van der Waals surface area contributed by atoms with Gasteiger partial charge in [-0.1, -0.05) is 0 Å². The van der Waals surface area contributed by atoms with Crippen molar-refractivity contribution in [2.24, 2.45) is 0 Å². The standard InChI is InChI=1S/C19H16N4O2/c1-22(13-24)16-5-7-17(8-6-16)23-19(11-15(12-20)21-23)14-3-9-18(25-2)10-4-14/h3-11,13H,1-2H3. The normalized spacial score (nSPS) is 10.1. The molecule has 124 valence electrons. The molecule has 0 bridgehead atoms. The highest BCUT2D eigenvalue weighted by Gasteiger charge is 2.12. The molecule has 0 spiro atoms. The van der Waals surface area contributed by atoms with E-state index in [2.05, 4.69) is 11.2 Å². The molecule has 0 radical (unpaired) electrons. The van der Waals surface area contributed by atoms with Crippen LogP contribution in [-0.2, 0) is 4.79 Å². The van der Waals surface area contributed by atoms with Gasteiger partial charge < -0.3 is 9.64 Å². The molecular formula is C19H16N4O2. The van der Waals surface area contributed by atoms with Gasteiger partial charge in [0.25, 0.3) is 0 Å². The number of nitriles is 1. The second-order valence-corrected chi connectivity index (χ2v) is 5.40. The Morgan fingerprint density at radius 2 is 1.84 bits per heavy atom. The molecule has 0 aliphatic rings. The molecule has 6 heteroatoms. The summed E-state index contributed by atoms with van der Waals surface area (Å²) in [5.41, 5.74) is 3.63. The van der Waals surface area contributed by atoms with E-state index >= 15 is 0 Å². The molecule has 3 aromatic rings. The minimum atomic E-state index is 0.333. The summed E-state index contributed by atoms with van der Waals surface area (Å²) in [6.45, 7) is 0. The molecule has 2 aromatic carbocycles. The lowest BCUT2D eigenvalue weighted by Crippen LogP contribution is -2.13. The molecule has 1 aromatic heterocycles. The SMILES string of the molecule is COc1ccc(-c2cc(C#N)nn2-c2ccc(N(C)C=O)cc2)cc1. The minimum Gasteiger partial charge on any atom is -0.497 e. The van der Waals surface area contributed by atoms with Crippen molar-refractivity contribution >= 4 is 12.1 Å². The van der Waals surface area contributed by atoms with Crippen LogP contribution in [0.5, 0.6) is 5.75 Å². The highest BCUT2D eigenvalue weighted by molar-refractivity contribution is 5.74. The molecule has 0 aliphatic heterocycles. The third kappa shape index (κ3) is 3.21. The van der Waals surface area contributed by atoms with Crippen molar-refractivity contribution in [2.75, 3.05) is 19.1 Å². The molecule has 0 saturated carbocycles. The molecular weight excluding hydrogens is 316 g/mol. The maximum absolute atomic E-state index is 10.9. The predicted molar refractivity (Wildman–Crippen MR) is 94.7 cm³/mol. The topological polar surface area (TPSA) is 71.2 Å². The summed E-state index contributed by atoms with van der Waals surface area (Å²) in [6, 6.07) is 18.8. The fourth-order valence-corrected chi connectivity index (χ4v) is 2.49. The van der Waals surface area contributed by atoms with Crippen LogP contribution in [0, 0.1) is 11.3 Å². The summed E-state index contributed by atoms with van der Waals surface area (Å²) in [7, 11) is 3.30. The third-order valence-corrected chi connectivity index (χ3v) is 3.87. The number of carbonyl (C=O) groups is 1. The Balaban J connectivity index is 2.05. The zero-order valence-corrected chi connectivity index (χ0v) is 13.9. The van der Waals surface area contributed by atoms with Crippen LogP contribution in [0.15, 0.2) is 54.6 Å². The van der Waals surface area contributed by atoms with E-state index in [-0.39, 0.29) is 0 Å². The molecule has 1 heterocycles. The number of amides is 1. The van der Waals surface area contributed by atoms with E-state index < -0.39 is 0 Å². The predicted octanol–water partition coefficient (Wildman–Crippen LogP) is 3.01. The van der Waals surface area contributed by atoms with Gasteiger partial charge in [0.05, 0.1) is 18.5 Å². The van der Waals surface area contributed by atoms with Crippen molar-refractivity contribution in [3.05, 3.63) is 60.3 Å². The second-order valence-electron chi connectivity index (χ2n) is 5.40. The zero-order chi connectivity index (χ0) is 17.8. The average molecular weight is 332 g/mol. The molecule has 3 rings (SSSR count). The Labute approximate surface area is 145 Å². The number of hydrogen-bond acceptors (Lipinski definition) is 4. The van der Waals surface area contributed by atoms with Gasteiger partial charge in [-0.2, -0.15) is 10.4 Å². The van der Waals surface area contributed by atoms with E-state index in [9.17, 15) is 10.1 Å². The fourth-order valence-electron chi connectivity index (χ4n) is 2.49. The average Bonchev–Trinajstić information content (AvgIpc) is 3.12. The lowest BCUT2D eigenvalue weighted by molar-refractivity contribution is -0.107. The Kier molecular flexibility index (Phi) is 4.48. The van der Waals surface area contributed by atoms with Crippen molar-refractivity contribution in [1.29, 1.82) is 5.26 Å². The highest BCUT2D eigenvalue weighted by atomic mass is 16.5. The Morgan fingerprint density at radius 1 is 1.16 bits per heavy atom. The van der Waals surface area contributed by atoms with Crippen LogP contribution >= 0.6 is 0 Å². The number of anilines is 1. The molecule has 6 nitrogen and oxygen atoms in total. The van der Waals surface area contributed by atoms with E-state index in [0.717, 1.165) is 34.8 Å². The highest BCUT2D eigenvalue weighted by Crippen LogP contribution is 2.26. The van der Waals surface area contributed by atoms with E-state index in [0.29, 0.717) is 5.69 Å². The number of nitrogens with zero attached hydrogens (tertiary/aromatic N) is 4. The van der Waals surface area contributed by atoms with Crippen LogP contribution in [0.1, 0.15) is 5.69 Å². The molecule has 25 heavy (non-hydrogen) atoms. The van der Waals surface area contributed by atoms with Gasteiger partial charge in [0.15, 0.2) is 5.69 Å². The van der Waals surface area contributed by atoms with Crippen LogP contribution in [-0.4, -0.2) is 30.3 Å². The molecule has 0 unspecified atom stereocenters. The third-order valence-electron chi connectivity index (χ3n) is 3.87. The number of carbonyl (C=O) groups excluding carboxylic acids is 1. The number of benzene rings is 2. The largest absolute Gasteiger partial charge is 0.497 e. The summed E-state index contributed by atoms with van der Waals surface area (Å²) in [5, 5.41) is 13.6. The van der Waals surface area contributed by atoms with E-state index in [1.807, 2.05) is 48.5 Å². The summed E-state index contributed by atoms with van der Waals surface area (Å²) in [4.78, 5) is 12.3. The van der Waals surface area contributed by atoms with Crippen molar-refractivity contribution in [2.45, 2.75) is 0 Å². The van der Waals surface area contributed by atoms with E-state index in [4.69, 9.17) is 4.74 Å². The van der Waals surface area contributed by atoms with Gasteiger partial charge in [0, 0.05) is 24.4 Å². The van der Waals surface area contributed by atoms with Crippen molar-refractivity contribution in [1.82, 2.24) is 9.78 Å². The number of methoxy groups -OCH3 is 1.